The first-order chi connectivity index (χ1) is 15.0. The average molecular weight is 430 g/mol. The van der Waals surface area contributed by atoms with Crippen molar-refractivity contribution in [1.82, 2.24) is 14.8 Å². The Bertz CT molecular complexity index is 1060. The predicted octanol–water partition coefficient (Wildman–Crippen LogP) is 3.40. The molecule has 0 aromatic carbocycles. The molecule has 3 aromatic heterocycles. The number of pyridine rings is 1. The molecule has 0 bridgehead atoms. The van der Waals surface area contributed by atoms with Gasteiger partial charge in [-0.3, -0.25) is 9.58 Å². The summed E-state index contributed by atoms with van der Waals surface area (Å²) in [5, 5.41) is 4.68. The second-order valence-corrected chi connectivity index (χ2v) is 6.68. The molecule has 31 heavy (non-hydrogen) atoms. The number of aryl methyl sites for hydroxylation is 1. The first-order valence-electron chi connectivity index (χ1n) is 10.0. The molecular formula is C21H26N4O6. The Balaban J connectivity index is 2.17. The van der Waals surface area contributed by atoms with Crippen LogP contribution in [0.5, 0.6) is 0 Å². The molecule has 0 fully saturated rings. The van der Waals surface area contributed by atoms with Gasteiger partial charge in [0.05, 0.1) is 24.8 Å². The number of carbonyl (C=O) groups excluding carboxylic acids is 2. The molecule has 1 amide bonds. The number of ether oxygens (including phenoxy) is 3. The van der Waals surface area contributed by atoms with Gasteiger partial charge in [-0.05, 0) is 26.3 Å². The first kappa shape index (κ1) is 22.3. The van der Waals surface area contributed by atoms with Crippen LogP contribution in [0.2, 0.25) is 0 Å². The lowest BCUT2D eigenvalue weighted by Gasteiger charge is -2.21. The van der Waals surface area contributed by atoms with E-state index in [1.807, 2.05) is 19.3 Å². The number of hydrogen-bond donors (Lipinski definition) is 0. The van der Waals surface area contributed by atoms with Crippen LogP contribution in [0.3, 0.4) is 0 Å². The summed E-state index contributed by atoms with van der Waals surface area (Å²) in [6.45, 7) is 4.44. The number of esters is 1. The largest absolute Gasteiger partial charge is 0.460 e. The Kier molecular flexibility index (Phi) is 7.24. The topological polar surface area (TPSA) is 109 Å². The molecule has 0 spiro atoms. The van der Waals surface area contributed by atoms with Crippen LogP contribution in [-0.2, 0) is 21.3 Å². The molecule has 0 unspecified atom stereocenters. The number of amides is 1. The number of carbonyl (C=O) groups is 2. The zero-order chi connectivity index (χ0) is 22.4. The fraction of sp³-hybridized carbons (Fsp3) is 0.429. The quantitative estimate of drug-likeness (QED) is 0.375. The molecule has 0 aliphatic carbocycles. The number of rotatable bonds is 9. The smallest absolute Gasteiger partial charge is 0.414 e. The van der Waals surface area contributed by atoms with Gasteiger partial charge in [-0.25, -0.2) is 14.6 Å². The van der Waals surface area contributed by atoms with E-state index < -0.39 is 12.1 Å². The van der Waals surface area contributed by atoms with Gasteiger partial charge in [-0.15, -0.1) is 0 Å². The van der Waals surface area contributed by atoms with E-state index >= 15 is 0 Å². The highest BCUT2D eigenvalue weighted by Crippen LogP contribution is 2.36. The Morgan fingerprint density at radius 2 is 1.94 bits per heavy atom. The van der Waals surface area contributed by atoms with Crippen molar-refractivity contribution in [2.24, 2.45) is 7.05 Å². The van der Waals surface area contributed by atoms with Gasteiger partial charge in [-0.2, -0.15) is 5.10 Å². The lowest BCUT2D eigenvalue weighted by Crippen LogP contribution is -2.34. The summed E-state index contributed by atoms with van der Waals surface area (Å²) in [4.78, 5) is 31.2. The van der Waals surface area contributed by atoms with Gasteiger partial charge in [0.2, 0.25) is 11.5 Å². The highest BCUT2D eigenvalue weighted by Gasteiger charge is 2.31. The Labute approximate surface area is 179 Å². The number of furan rings is 1. The monoisotopic (exact) mass is 430 g/mol. The number of anilines is 1. The van der Waals surface area contributed by atoms with Crippen LogP contribution in [0.1, 0.15) is 30.8 Å². The lowest BCUT2D eigenvalue weighted by atomic mass is 10.1. The summed E-state index contributed by atoms with van der Waals surface area (Å²) >= 11 is 0. The molecule has 0 saturated heterocycles. The van der Waals surface area contributed by atoms with Crippen molar-refractivity contribution >= 4 is 28.8 Å². The van der Waals surface area contributed by atoms with E-state index in [-0.39, 0.29) is 36.9 Å². The van der Waals surface area contributed by atoms with E-state index in [9.17, 15) is 9.59 Å². The van der Waals surface area contributed by atoms with Crippen LogP contribution in [0.25, 0.3) is 22.2 Å². The van der Waals surface area contributed by atoms with E-state index in [1.165, 1.54) is 4.90 Å². The maximum absolute atomic E-state index is 12.8. The van der Waals surface area contributed by atoms with Crippen molar-refractivity contribution in [2.75, 3.05) is 38.4 Å². The Hall–Kier alpha value is -3.40. The second kappa shape index (κ2) is 10.1. The molecule has 3 aromatic rings. The minimum absolute atomic E-state index is 0.0989. The highest BCUT2D eigenvalue weighted by molar-refractivity contribution is 6.09. The van der Waals surface area contributed by atoms with E-state index in [0.29, 0.717) is 18.4 Å². The lowest BCUT2D eigenvalue weighted by molar-refractivity contribution is 0.0493. The van der Waals surface area contributed by atoms with Gasteiger partial charge in [0, 0.05) is 50.8 Å². The van der Waals surface area contributed by atoms with Crippen molar-refractivity contribution in [1.29, 1.82) is 0 Å². The van der Waals surface area contributed by atoms with Crippen molar-refractivity contribution in [3.05, 3.63) is 30.4 Å². The van der Waals surface area contributed by atoms with Crippen molar-refractivity contribution < 1.29 is 28.2 Å². The normalized spacial score (nSPS) is 11.0. The molecule has 0 saturated carbocycles. The van der Waals surface area contributed by atoms with E-state index in [2.05, 4.69) is 10.1 Å². The maximum Gasteiger partial charge on any atom is 0.414 e. The molecule has 0 radical (unpaired) electrons. The summed E-state index contributed by atoms with van der Waals surface area (Å²) in [7, 11) is 3.39. The van der Waals surface area contributed by atoms with E-state index in [1.54, 1.807) is 38.0 Å². The summed E-state index contributed by atoms with van der Waals surface area (Å²) in [5.41, 5.74) is 2.08. The standard InChI is InChI=1S/C21H26N4O6/c1-5-29-20(26)18-17(25(8-7-9-28-4)21(27)30-6-2)16-10-14(11-22-19(16)31-18)15-12-23-24(3)13-15/h10-13H,5-9H2,1-4H3. The van der Waals surface area contributed by atoms with E-state index in [0.717, 1.165) is 11.1 Å². The summed E-state index contributed by atoms with van der Waals surface area (Å²) in [5.74, 6) is -0.780. The molecule has 0 aliphatic heterocycles. The van der Waals surface area contributed by atoms with Crippen molar-refractivity contribution in [3.8, 4) is 11.1 Å². The summed E-state index contributed by atoms with van der Waals surface area (Å²) in [6, 6.07) is 1.81. The number of methoxy groups -OCH3 is 1. The maximum atomic E-state index is 12.8. The molecule has 3 heterocycles. The van der Waals surface area contributed by atoms with Crippen LogP contribution < -0.4 is 4.90 Å². The molecule has 0 aliphatic rings. The number of fused-ring (bicyclic) bond motifs is 1. The highest BCUT2D eigenvalue weighted by atomic mass is 16.6. The third-order valence-corrected chi connectivity index (χ3v) is 4.51. The minimum Gasteiger partial charge on any atom is -0.460 e. The van der Waals surface area contributed by atoms with E-state index in [4.69, 9.17) is 18.6 Å². The van der Waals surface area contributed by atoms with Gasteiger partial charge in [0.1, 0.15) is 5.69 Å². The average Bonchev–Trinajstić information content (AvgIpc) is 3.35. The fourth-order valence-electron chi connectivity index (χ4n) is 3.16. The van der Waals surface area contributed by atoms with Crippen LogP contribution in [0.15, 0.2) is 29.1 Å². The zero-order valence-corrected chi connectivity index (χ0v) is 18.1. The van der Waals surface area contributed by atoms with Gasteiger partial charge in [0.15, 0.2) is 0 Å². The number of nitrogens with zero attached hydrogens (tertiary/aromatic N) is 4. The number of aromatic nitrogens is 3. The molecular weight excluding hydrogens is 404 g/mol. The fourth-order valence-corrected chi connectivity index (χ4v) is 3.16. The Morgan fingerprint density at radius 3 is 2.58 bits per heavy atom. The minimum atomic E-state index is -0.681. The molecule has 3 rings (SSSR count). The first-order valence-corrected chi connectivity index (χ1v) is 10.0. The molecule has 166 valence electrons. The van der Waals surface area contributed by atoms with Gasteiger partial charge >= 0.3 is 12.1 Å². The van der Waals surface area contributed by atoms with Crippen molar-refractivity contribution in [2.45, 2.75) is 20.3 Å². The predicted molar refractivity (Wildman–Crippen MR) is 113 cm³/mol. The third-order valence-electron chi connectivity index (χ3n) is 4.51. The van der Waals surface area contributed by atoms with Gasteiger partial charge < -0.3 is 18.6 Å². The second-order valence-electron chi connectivity index (χ2n) is 6.68. The van der Waals surface area contributed by atoms with Crippen LogP contribution >= 0.6 is 0 Å². The van der Waals surface area contributed by atoms with Crippen LogP contribution in [0.4, 0.5) is 10.5 Å². The SMILES string of the molecule is CCOC(=O)c1oc2ncc(-c3cnn(C)c3)cc2c1N(CCCOC)C(=O)OCC. The third kappa shape index (κ3) is 4.85. The molecule has 10 nitrogen and oxygen atoms in total. The van der Waals surface area contributed by atoms with Gasteiger partial charge in [0.25, 0.3) is 0 Å². The molecule has 0 N–H and O–H groups in total. The molecule has 0 atom stereocenters. The van der Waals surface area contributed by atoms with Crippen molar-refractivity contribution in [3.63, 3.8) is 0 Å². The molecule has 10 heteroatoms. The van der Waals surface area contributed by atoms with Gasteiger partial charge in [-0.1, -0.05) is 0 Å². The zero-order valence-electron chi connectivity index (χ0n) is 18.1. The summed E-state index contributed by atoms with van der Waals surface area (Å²) < 4.78 is 22.9. The van der Waals surface area contributed by atoms with Crippen LogP contribution in [-0.4, -0.2) is 60.3 Å². The van der Waals surface area contributed by atoms with Crippen LogP contribution in [0, 0.1) is 0 Å². The number of hydrogen-bond acceptors (Lipinski definition) is 8. The summed E-state index contributed by atoms with van der Waals surface area (Å²) in [6.07, 6.45) is 5.10. The Morgan fingerprint density at radius 1 is 1.16 bits per heavy atom.